The number of hydrogen-bond donors (Lipinski definition) is 0. The molecule has 0 aromatic carbocycles. The first-order chi connectivity index (χ1) is 8.68. The van der Waals surface area contributed by atoms with Crippen LogP contribution in [0.25, 0.3) is 0 Å². The second-order valence-corrected chi connectivity index (χ2v) is 5.54. The largest absolute Gasteiger partial charge is 1.00 e. The predicted octanol–water partition coefficient (Wildman–Crippen LogP) is 1.08. The molecule has 0 saturated carbocycles. The van der Waals surface area contributed by atoms with Crippen molar-refractivity contribution in [3.8, 4) is 0 Å². The molecule has 1 atom stereocenters. The third-order valence-electron chi connectivity index (χ3n) is 3.64. The Kier molecular flexibility index (Phi) is 18.9. The molecule has 19 heavy (non-hydrogen) atoms. The molecule has 0 rings (SSSR count). The molecule has 1 unspecified atom stereocenters. The van der Waals surface area contributed by atoms with E-state index in [0.29, 0.717) is 0 Å². The van der Waals surface area contributed by atoms with Crippen LogP contribution in [0.1, 0.15) is 90.9 Å². The number of carbonyl (C=O) groups excluding carboxylic acids is 1. The van der Waals surface area contributed by atoms with Crippen molar-refractivity contribution < 1.29 is 39.5 Å². The quantitative estimate of drug-likeness (QED) is 0.373. The van der Waals surface area contributed by atoms with Crippen molar-refractivity contribution in [1.82, 2.24) is 0 Å². The molecule has 0 saturated heterocycles. The van der Waals surface area contributed by atoms with Crippen LogP contribution < -0.4 is 34.7 Å². The summed E-state index contributed by atoms with van der Waals surface area (Å²) in [4.78, 5) is 10.5. The van der Waals surface area contributed by atoms with Gasteiger partial charge >= 0.3 is 29.6 Å². The van der Waals surface area contributed by atoms with E-state index in [2.05, 4.69) is 6.92 Å². The van der Waals surface area contributed by atoms with E-state index in [1.54, 1.807) is 6.92 Å². The molecular formula is C16H31NaO2. The minimum atomic E-state index is -0.901. The summed E-state index contributed by atoms with van der Waals surface area (Å²) in [6.07, 6.45) is 15.2. The molecule has 0 heterocycles. The molecule has 0 aromatic rings. The Morgan fingerprint density at radius 1 is 0.842 bits per heavy atom. The van der Waals surface area contributed by atoms with Crippen LogP contribution in [0.4, 0.5) is 0 Å². The maximum Gasteiger partial charge on any atom is 1.00 e. The van der Waals surface area contributed by atoms with Gasteiger partial charge in [0.15, 0.2) is 0 Å². The zero-order valence-corrected chi connectivity index (χ0v) is 15.4. The summed E-state index contributed by atoms with van der Waals surface area (Å²) in [6, 6.07) is 0. The van der Waals surface area contributed by atoms with Gasteiger partial charge in [-0.1, -0.05) is 84.5 Å². The molecule has 0 aromatic heterocycles. The molecule has 0 amide bonds. The standard InChI is InChI=1S/C16H32O2.Na/c1-3-4-5-6-7-8-9-10-11-12-13-14-15(2)16(17)18;/h15H,3-14H2,1-2H3,(H,17,18);/q;+1/p-1. The SMILES string of the molecule is CCCCCCCCCCCCCC(C)C(=O)[O-].[Na+]. The minimum absolute atomic E-state index is 0. The molecule has 0 aliphatic rings. The van der Waals surface area contributed by atoms with Gasteiger partial charge < -0.3 is 9.90 Å². The van der Waals surface area contributed by atoms with Crippen LogP contribution in [-0.2, 0) is 4.79 Å². The number of hydrogen-bond acceptors (Lipinski definition) is 2. The first-order valence-electron chi connectivity index (χ1n) is 7.89. The molecule has 0 aliphatic carbocycles. The fourth-order valence-corrected chi connectivity index (χ4v) is 2.23. The fourth-order valence-electron chi connectivity index (χ4n) is 2.23. The van der Waals surface area contributed by atoms with Gasteiger partial charge in [0.2, 0.25) is 0 Å². The second-order valence-electron chi connectivity index (χ2n) is 5.54. The average molecular weight is 278 g/mol. The van der Waals surface area contributed by atoms with E-state index >= 15 is 0 Å². The maximum atomic E-state index is 10.5. The van der Waals surface area contributed by atoms with Crippen molar-refractivity contribution >= 4 is 5.97 Å². The van der Waals surface area contributed by atoms with Gasteiger partial charge in [-0.05, 0) is 12.3 Å². The Bertz CT molecular complexity index is 195. The Labute approximate surface area is 142 Å². The van der Waals surface area contributed by atoms with Gasteiger partial charge in [0.05, 0.1) is 0 Å². The third kappa shape index (κ3) is 16.4. The van der Waals surface area contributed by atoms with E-state index in [1.165, 1.54) is 64.2 Å². The van der Waals surface area contributed by atoms with Crippen molar-refractivity contribution in [2.45, 2.75) is 90.9 Å². The van der Waals surface area contributed by atoms with E-state index in [0.717, 1.165) is 12.8 Å². The van der Waals surface area contributed by atoms with Crippen LogP contribution in [-0.4, -0.2) is 5.97 Å². The molecule has 108 valence electrons. The predicted molar refractivity (Wildman–Crippen MR) is 75.2 cm³/mol. The fraction of sp³-hybridized carbons (Fsp3) is 0.938. The maximum absolute atomic E-state index is 10.5. The van der Waals surface area contributed by atoms with E-state index < -0.39 is 5.97 Å². The van der Waals surface area contributed by atoms with Crippen molar-refractivity contribution in [3.05, 3.63) is 0 Å². The number of carbonyl (C=O) groups is 1. The van der Waals surface area contributed by atoms with Crippen LogP contribution >= 0.6 is 0 Å². The average Bonchev–Trinajstić information content (AvgIpc) is 2.35. The van der Waals surface area contributed by atoms with Crippen molar-refractivity contribution in [3.63, 3.8) is 0 Å². The summed E-state index contributed by atoms with van der Waals surface area (Å²) in [5.74, 6) is -1.18. The van der Waals surface area contributed by atoms with Gasteiger partial charge in [-0.15, -0.1) is 0 Å². The van der Waals surface area contributed by atoms with Gasteiger partial charge in [-0.3, -0.25) is 0 Å². The Morgan fingerprint density at radius 3 is 1.58 bits per heavy atom. The number of rotatable bonds is 13. The van der Waals surface area contributed by atoms with E-state index in [4.69, 9.17) is 0 Å². The van der Waals surface area contributed by atoms with Gasteiger partial charge in [0.25, 0.3) is 0 Å². The second kappa shape index (κ2) is 16.5. The smallest absolute Gasteiger partial charge is 0.550 e. The number of carboxylic acid groups (broad SMARTS) is 1. The Hall–Kier alpha value is 0.470. The number of carboxylic acids is 1. The van der Waals surface area contributed by atoms with Crippen LogP contribution in [0.5, 0.6) is 0 Å². The van der Waals surface area contributed by atoms with Gasteiger partial charge in [0.1, 0.15) is 0 Å². The van der Waals surface area contributed by atoms with E-state index in [-0.39, 0.29) is 35.5 Å². The Balaban J connectivity index is 0. The molecule has 0 fully saturated rings. The molecular weight excluding hydrogens is 247 g/mol. The van der Waals surface area contributed by atoms with Crippen molar-refractivity contribution in [2.75, 3.05) is 0 Å². The first kappa shape index (κ1) is 21.8. The molecule has 2 nitrogen and oxygen atoms in total. The van der Waals surface area contributed by atoms with Crippen LogP contribution in [0.3, 0.4) is 0 Å². The Morgan fingerprint density at radius 2 is 1.21 bits per heavy atom. The zero-order chi connectivity index (χ0) is 13.6. The summed E-state index contributed by atoms with van der Waals surface area (Å²) in [6.45, 7) is 3.99. The molecule has 3 heteroatoms. The summed E-state index contributed by atoms with van der Waals surface area (Å²) < 4.78 is 0. The summed E-state index contributed by atoms with van der Waals surface area (Å²) in [7, 11) is 0. The summed E-state index contributed by atoms with van der Waals surface area (Å²) >= 11 is 0. The molecule has 0 aliphatic heterocycles. The normalized spacial score (nSPS) is 11.9. The third-order valence-corrected chi connectivity index (χ3v) is 3.64. The van der Waals surface area contributed by atoms with E-state index in [9.17, 15) is 9.90 Å². The van der Waals surface area contributed by atoms with E-state index in [1.807, 2.05) is 0 Å². The number of aliphatic carboxylic acids is 1. The first-order valence-corrected chi connectivity index (χ1v) is 7.89. The molecule has 0 radical (unpaired) electrons. The van der Waals surface area contributed by atoms with Gasteiger partial charge in [0, 0.05) is 5.97 Å². The topological polar surface area (TPSA) is 40.1 Å². The summed E-state index contributed by atoms with van der Waals surface area (Å²) in [5.41, 5.74) is 0. The monoisotopic (exact) mass is 278 g/mol. The molecule has 0 N–H and O–H groups in total. The zero-order valence-electron chi connectivity index (χ0n) is 13.4. The van der Waals surface area contributed by atoms with Crippen LogP contribution in [0, 0.1) is 5.92 Å². The molecule has 0 spiro atoms. The minimum Gasteiger partial charge on any atom is -0.550 e. The summed E-state index contributed by atoms with van der Waals surface area (Å²) in [5, 5.41) is 10.5. The van der Waals surface area contributed by atoms with Crippen LogP contribution in [0.15, 0.2) is 0 Å². The van der Waals surface area contributed by atoms with Crippen molar-refractivity contribution in [1.29, 1.82) is 0 Å². The van der Waals surface area contributed by atoms with Gasteiger partial charge in [-0.25, -0.2) is 0 Å². The van der Waals surface area contributed by atoms with Crippen molar-refractivity contribution in [2.24, 2.45) is 5.92 Å². The van der Waals surface area contributed by atoms with Gasteiger partial charge in [-0.2, -0.15) is 0 Å². The van der Waals surface area contributed by atoms with Crippen LogP contribution in [0.2, 0.25) is 0 Å². The molecule has 0 bridgehead atoms. The number of unbranched alkanes of at least 4 members (excludes halogenated alkanes) is 10.